The van der Waals surface area contributed by atoms with E-state index in [1.807, 2.05) is 24.3 Å². The number of H-pyrrole nitrogens is 1. The Hall–Kier alpha value is -5.28. The number of amides is 3. The number of unbranched alkanes of at least 4 members (excludes halogenated alkanes) is 1. The van der Waals surface area contributed by atoms with Gasteiger partial charge >= 0.3 is 26.5 Å². The minimum atomic E-state index is -3.09. The molecule has 4 aromatic rings. The van der Waals surface area contributed by atoms with Crippen LogP contribution < -0.4 is 27.2 Å². The number of anilines is 1. The summed E-state index contributed by atoms with van der Waals surface area (Å²) < 4.78 is 55.9. The quantitative estimate of drug-likeness (QED) is 0.00992. The van der Waals surface area contributed by atoms with Gasteiger partial charge in [-0.1, -0.05) is 82.0 Å². The van der Waals surface area contributed by atoms with Crippen LogP contribution in [0.15, 0.2) is 59.5 Å². The van der Waals surface area contributed by atoms with Crippen LogP contribution in [0.2, 0.25) is 0 Å². The normalized spacial score (nSPS) is 15.6. The van der Waals surface area contributed by atoms with Crippen molar-refractivity contribution in [1.29, 1.82) is 0 Å². The van der Waals surface area contributed by atoms with Crippen molar-refractivity contribution in [2.45, 2.75) is 62.3 Å². The topological polar surface area (TPSA) is 275 Å². The number of fused-ring (bicyclic) bond motifs is 4. The lowest BCUT2D eigenvalue weighted by molar-refractivity contribution is 0.0487. The van der Waals surface area contributed by atoms with Crippen molar-refractivity contribution in [3.05, 3.63) is 81.8 Å². The molecule has 71 heavy (non-hydrogen) atoms. The highest BCUT2D eigenvalue weighted by molar-refractivity contribution is 8.77. The van der Waals surface area contributed by atoms with Gasteiger partial charge in [-0.25, -0.2) is 14.4 Å². The van der Waals surface area contributed by atoms with E-state index >= 15 is 0 Å². The molecule has 1 fully saturated rings. The second-order valence-electron chi connectivity index (χ2n) is 16.8. The van der Waals surface area contributed by atoms with Crippen LogP contribution in [0.3, 0.4) is 0 Å². The molecule has 0 radical (unpaired) electrons. The Bertz CT molecular complexity index is 2490. The molecule has 2 unspecified atom stereocenters. The summed E-state index contributed by atoms with van der Waals surface area (Å²) in [6.45, 7) is 7.37. The summed E-state index contributed by atoms with van der Waals surface area (Å²) in [6, 6.07) is 16.1. The van der Waals surface area contributed by atoms with Crippen molar-refractivity contribution in [3.63, 3.8) is 0 Å². The number of nitrogens with one attached hydrogen (secondary N) is 4. The lowest BCUT2D eigenvalue weighted by Gasteiger charge is -2.22. The monoisotopic (exact) mass is 1040 g/mol. The van der Waals surface area contributed by atoms with E-state index in [1.165, 1.54) is 11.1 Å². The van der Waals surface area contributed by atoms with Gasteiger partial charge in [0.25, 0.3) is 5.56 Å². The van der Waals surface area contributed by atoms with Crippen LogP contribution in [0.4, 0.5) is 20.3 Å². The fourth-order valence-corrected chi connectivity index (χ4v) is 10.3. The Balaban J connectivity index is 0.710. The lowest BCUT2D eigenvalue weighted by Crippen LogP contribution is -2.30. The molecular formula is C47H62N7O14PS2. The Morgan fingerprint density at radius 1 is 0.887 bits per heavy atom. The Kier molecular flexibility index (Phi) is 22.2. The lowest BCUT2D eigenvalue weighted by atomic mass is 9.98. The smallest absolute Gasteiger partial charge is 0.407 e. The second-order valence-corrected chi connectivity index (χ2v) is 20.6. The van der Waals surface area contributed by atoms with Gasteiger partial charge in [-0.05, 0) is 61.8 Å². The van der Waals surface area contributed by atoms with E-state index in [4.69, 9.17) is 48.3 Å². The van der Waals surface area contributed by atoms with Crippen molar-refractivity contribution < 1.29 is 61.5 Å². The summed E-state index contributed by atoms with van der Waals surface area (Å²) in [5.74, 6) is 6.15. The summed E-state index contributed by atoms with van der Waals surface area (Å²) in [7, 11) is 0.117. The number of aromatic amines is 1. The maximum Gasteiger partial charge on any atom is 0.407 e. The van der Waals surface area contributed by atoms with Crippen LogP contribution in [-0.2, 0) is 42.2 Å². The summed E-state index contributed by atoms with van der Waals surface area (Å²) in [4.78, 5) is 65.2. The maximum atomic E-state index is 12.8. The van der Waals surface area contributed by atoms with E-state index in [9.17, 15) is 23.7 Å². The number of nitrogens with zero attached hydrogens (tertiary/aromatic N) is 2. The summed E-state index contributed by atoms with van der Waals surface area (Å²) >= 11 is 0. The zero-order valence-electron chi connectivity index (χ0n) is 39.7. The molecule has 7 N–H and O–H groups in total. The first-order valence-corrected chi connectivity index (χ1v) is 26.8. The number of nitrogens with two attached hydrogens (primary N) is 1. The van der Waals surface area contributed by atoms with Gasteiger partial charge < -0.3 is 68.8 Å². The van der Waals surface area contributed by atoms with Crippen LogP contribution in [0, 0.1) is 11.8 Å². The number of alkyl carbamates (subject to hydrolysis) is 3. The van der Waals surface area contributed by atoms with Gasteiger partial charge in [-0.2, -0.15) is 4.98 Å². The SMILES string of the molecule is CC(C)(CCOC(=O)NCCOCCOCCNC(=O)OCC1c2ccccc2-c2ccccc21)SSCOCCCCOC(=O)NCC#Cc1cn(C2CO[C@H](CO[PH](=O)O)C2)c2nc(N)[nH]c(=O)c12. The molecule has 0 bridgehead atoms. The largest absolute Gasteiger partial charge is 0.450 e. The molecule has 3 amide bonds. The zero-order chi connectivity index (χ0) is 50.4. The molecule has 386 valence electrons. The molecule has 2 aliphatic rings. The van der Waals surface area contributed by atoms with Gasteiger partial charge in [0, 0.05) is 36.6 Å². The first-order valence-electron chi connectivity index (χ1n) is 23.2. The molecule has 2 aromatic carbocycles. The molecule has 1 aliphatic heterocycles. The number of carbonyl (C=O) groups is 3. The van der Waals surface area contributed by atoms with E-state index in [0.717, 1.165) is 11.1 Å². The van der Waals surface area contributed by atoms with Crippen LogP contribution >= 0.6 is 29.8 Å². The molecule has 3 heterocycles. The predicted octanol–water partition coefficient (Wildman–Crippen LogP) is 5.72. The van der Waals surface area contributed by atoms with Crippen molar-refractivity contribution in [1.82, 2.24) is 30.5 Å². The number of nitrogen functional groups attached to an aromatic ring is 1. The van der Waals surface area contributed by atoms with Gasteiger partial charge in [-0.15, -0.1) is 0 Å². The van der Waals surface area contributed by atoms with Gasteiger partial charge in [0.15, 0.2) is 5.65 Å². The van der Waals surface area contributed by atoms with E-state index in [1.54, 1.807) is 32.4 Å². The van der Waals surface area contributed by atoms with Gasteiger partial charge in [-0.3, -0.25) is 14.3 Å². The molecule has 0 spiro atoms. The van der Waals surface area contributed by atoms with Crippen molar-refractivity contribution in [2.24, 2.45) is 0 Å². The summed E-state index contributed by atoms with van der Waals surface area (Å²) in [6.07, 6.45) is 2.00. The van der Waals surface area contributed by atoms with Crippen LogP contribution in [-0.4, -0.2) is 140 Å². The number of aromatic nitrogens is 3. The van der Waals surface area contributed by atoms with Gasteiger partial charge in [0.2, 0.25) is 5.95 Å². The van der Waals surface area contributed by atoms with E-state index in [-0.39, 0.29) is 74.2 Å². The predicted molar refractivity (Wildman–Crippen MR) is 270 cm³/mol. The van der Waals surface area contributed by atoms with Crippen LogP contribution in [0.1, 0.15) is 68.2 Å². The standard InChI is InChI=1S/C47H62N7O14PS2/c1-47(2,15-21-65-45(57)50-17-22-61-24-25-62-23-18-51-46(58)67-30-39-37-13-5-3-11-35(37)36-12-4-6-14-38(36)39)71-70-31-63-19-7-8-20-64-44(56)49-16-9-10-32-27-54(41-40(32)42(55)53-43(48)52-41)33-26-34(66-28-33)29-68-69(59)60/h3-6,11-14,27,33-34,39,69H,7-8,15-26,28-31H2,1-2H3,(H,49,56)(H,50,57)(H,51,58)(H,59,60)(H3,48,52,53,55)/t33?,34-/m0/s1. The number of hydrogen-bond donors (Lipinski definition) is 6. The average Bonchev–Trinajstić information content (AvgIpc) is 4.06. The molecule has 21 nitrogen and oxygen atoms in total. The fourth-order valence-electron chi connectivity index (χ4n) is 7.67. The molecule has 2 aromatic heterocycles. The molecular weight excluding hydrogens is 982 g/mol. The minimum Gasteiger partial charge on any atom is -0.450 e. The summed E-state index contributed by atoms with van der Waals surface area (Å²) in [5.41, 5.74) is 10.7. The third-order valence-electron chi connectivity index (χ3n) is 11.1. The Morgan fingerprint density at radius 2 is 1.54 bits per heavy atom. The fraction of sp³-hybridized carbons (Fsp3) is 0.511. The van der Waals surface area contributed by atoms with Crippen molar-refractivity contribution in [2.75, 3.05) is 97.4 Å². The number of benzene rings is 2. The minimum absolute atomic E-state index is 0.000260. The van der Waals surface area contributed by atoms with Crippen LogP contribution in [0.5, 0.6) is 0 Å². The molecule has 1 saturated heterocycles. The molecule has 1 aliphatic carbocycles. The van der Waals surface area contributed by atoms with E-state index < -0.39 is 38.2 Å². The molecule has 0 saturated carbocycles. The van der Waals surface area contributed by atoms with Crippen molar-refractivity contribution in [3.8, 4) is 23.0 Å². The highest BCUT2D eigenvalue weighted by Gasteiger charge is 2.31. The van der Waals surface area contributed by atoms with E-state index in [2.05, 4.69) is 75.9 Å². The highest BCUT2D eigenvalue weighted by atomic mass is 33.1. The third-order valence-corrected chi connectivity index (χ3v) is 14.6. The maximum absolute atomic E-state index is 12.8. The Labute approximate surface area is 420 Å². The number of hydrogen-bond acceptors (Lipinski definition) is 17. The average molecular weight is 1040 g/mol. The number of carbonyl (C=O) groups excluding carboxylic acids is 3. The van der Waals surface area contributed by atoms with E-state index in [0.29, 0.717) is 82.4 Å². The molecule has 6 rings (SSSR count). The molecule has 3 atom stereocenters. The van der Waals surface area contributed by atoms with Gasteiger partial charge in [0.05, 0.1) is 82.5 Å². The zero-order valence-corrected chi connectivity index (χ0v) is 42.3. The third kappa shape index (κ3) is 17.8. The Morgan fingerprint density at radius 3 is 2.24 bits per heavy atom. The number of rotatable bonds is 28. The van der Waals surface area contributed by atoms with Crippen LogP contribution in [0.25, 0.3) is 22.2 Å². The molecule has 24 heteroatoms. The summed E-state index contributed by atoms with van der Waals surface area (Å²) in [5, 5.41) is 8.21. The highest BCUT2D eigenvalue weighted by Crippen LogP contribution is 2.44. The van der Waals surface area contributed by atoms with Gasteiger partial charge in [0.1, 0.15) is 12.5 Å². The first-order chi connectivity index (χ1) is 34.4. The van der Waals surface area contributed by atoms with Crippen molar-refractivity contribution >= 4 is 65.1 Å². The second kappa shape index (κ2) is 28.7. The first kappa shape index (κ1) is 55.0. The number of ether oxygens (including phenoxy) is 7.